The molecule has 0 nitrogen and oxygen atoms in total. The fraction of sp³-hybridized carbons (Fsp3) is 1.00. The highest BCUT2D eigenvalue weighted by molar-refractivity contribution is 4.99. The van der Waals surface area contributed by atoms with Crippen LogP contribution >= 0.6 is 0 Å². The summed E-state index contributed by atoms with van der Waals surface area (Å²) in [7, 11) is 0. The van der Waals surface area contributed by atoms with Gasteiger partial charge in [-0.2, -0.15) is 0 Å². The zero-order chi connectivity index (χ0) is 5.78. The van der Waals surface area contributed by atoms with Crippen molar-refractivity contribution in [2.75, 3.05) is 0 Å². The summed E-state index contributed by atoms with van der Waals surface area (Å²) < 4.78 is 0. The van der Waals surface area contributed by atoms with Gasteiger partial charge >= 0.3 is 0 Å². The van der Waals surface area contributed by atoms with Crippen LogP contribution in [0.25, 0.3) is 0 Å². The van der Waals surface area contributed by atoms with E-state index < -0.39 is 0 Å². The minimum Gasteiger partial charge on any atom is -0.0596 e. The molecule has 0 heterocycles. The highest BCUT2D eigenvalue weighted by Gasteiger charge is 2.48. The smallest absolute Gasteiger partial charge is 0.0323 e. The number of rotatable bonds is 0. The standard InChI is InChI=1S/C8H14/c1-8(2)5-6-3-7(8)4-6/h6-7H,3-5H2,1-2H3. The molecule has 3 aliphatic rings. The van der Waals surface area contributed by atoms with E-state index in [1.54, 1.807) is 12.8 Å². The van der Waals surface area contributed by atoms with E-state index in [-0.39, 0.29) is 0 Å². The van der Waals surface area contributed by atoms with Crippen LogP contribution in [0, 0.1) is 17.3 Å². The molecule has 0 spiro atoms. The summed E-state index contributed by atoms with van der Waals surface area (Å²) >= 11 is 0. The monoisotopic (exact) mass is 110 g/mol. The van der Waals surface area contributed by atoms with Gasteiger partial charge in [0.25, 0.3) is 0 Å². The molecule has 0 aromatic rings. The fourth-order valence-electron chi connectivity index (χ4n) is 2.45. The molecule has 0 radical (unpaired) electrons. The van der Waals surface area contributed by atoms with Gasteiger partial charge in [0.1, 0.15) is 0 Å². The van der Waals surface area contributed by atoms with E-state index >= 15 is 0 Å². The summed E-state index contributed by atoms with van der Waals surface area (Å²) in [4.78, 5) is 0. The number of hydrogen-bond donors (Lipinski definition) is 0. The van der Waals surface area contributed by atoms with Crippen LogP contribution in [-0.2, 0) is 0 Å². The third-order valence-corrected chi connectivity index (χ3v) is 3.16. The second-order valence-electron chi connectivity index (χ2n) is 4.23. The Balaban J connectivity index is 2.20. The highest BCUT2D eigenvalue weighted by atomic mass is 14.5. The van der Waals surface area contributed by atoms with E-state index in [9.17, 15) is 0 Å². The van der Waals surface area contributed by atoms with Crippen molar-refractivity contribution in [3.05, 3.63) is 0 Å². The van der Waals surface area contributed by atoms with Crippen molar-refractivity contribution in [3.8, 4) is 0 Å². The van der Waals surface area contributed by atoms with Crippen LogP contribution in [0.15, 0.2) is 0 Å². The SMILES string of the molecule is CC1(C)CC2CC1C2. The molecule has 0 atom stereocenters. The van der Waals surface area contributed by atoms with E-state index in [1.165, 1.54) is 6.42 Å². The molecule has 2 bridgehead atoms. The Hall–Kier alpha value is 0. The van der Waals surface area contributed by atoms with Gasteiger partial charge in [0, 0.05) is 0 Å². The van der Waals surface area contributed by atoms with Gasteiger partial charge in [-0.3, -0.25) is 0 Å². The molecule has 0 N–H and O–H groups in total. The van der Waals surface area contributed by atoms with E-state index in [0.717, 1.165) is 17.3 Å². The lowest BCUT2D eigenvalue weighted by Crippen LogP contribution is -2.18. The van der Waals surface area contributed by atoms with Gasteiger partial charge in [0.15, 0.2) is 0 Å². The molecule has 0 unspecified atom stereocenters. The first kappa shape index (κ1) is 4.84. The predicted molar refractivity (Wildman–Crippen MR) is 34.6 cm³/mol. The van der Waals surface area contributed by atoms with E-state index in [4.69, 9.17) is 0 Å². The summed E-state index contributed by atoms with van der Waals surface area (Å²) in [6.45, 7) is 4.84. The Bertz CT molecular complexity index is 107. The van der Waals surface area contributed by atoms with Crippen LogP contribution in [0.3, 0.4) is 0 Å². The lowest BCUT2D eigenvalue weighted by molar-refractivity contribution is 0.222. The Labute approximate surface area is 51.3 Å². The lowest BCUT2D eigenvalue weighted by Gasteiger charge is -2.28. The maximum absolute atomic E-state index is 2.42. The Morgan fingerprint density at radius 2 is 1.88 bits per heavy atom. The lowest BCUT2D eigenvalue weighted by atomic mass is 9.77. The zero-order valence-corrected chi connectivity index (χ0v) is 5.78. The molecule has 0 aromatic heterocycles. The fourth-order valence-corrected chi connectivity index (χ4v) is 2.45. The summed E-state index contributed by atoms with van der Waals surface area (Å²) in [5, 5.41) is 0. The van der Waals surface area contributed by atoms with Crippen LogP contribution < -0.4 is 0 Å². The van der Waals surface area contributed by atoms with Crippen molar-refractivity contribution in [1.82, 2.24) is 0 Å². The minimum absolute atomic E-state index is 0.727. The summed E-state index contributed by atoms with van der Waals surface area (Å²) in [5.41, 5.74) is 0.727. The molecular formula is C8H14. The Morgan fingerprint density at radius 3 is 2.00 bits per heavy atom. The molecule has 0 amide bonds. The highest BCUT2D eigenvalue weighted by Crippen LogP contribution is 2.59. The van der Waals surface area contributed by atoms with Gasteiger partial charge in [0.2, 0.25) is 0 Å². The molecule has 0 saturated heterocycles. The molecule has 3 saturated carbocycles. The van der Waals surface area contributed by atoms with Crippen molar-refractivity contribution in [1.29, 1.82) is 0 Å². The first-order valence-corrected chi connectivity index (χ1v) is 3.68. The number of hydrogen-bond acceptors (Lipinski definition) is 0. The molecule has 3 fully saturated rings. The van der Waals surface area contributed by atoms with Crippen LogP contribution in [0.5, 0.6) is 0 Å². The van der Waals surface area contributed by atoms with Gasteiger partial charge < -0.3 is 0 Å². The largest absolute Gasteiger partial charge is 0.0596 e. The normalized spacial score (nSPS) is 48.8. The first-order valence-electron chi connectivity index (χ1n) is 3.68. The molecule has 46 valence electrons. The zero-order valence-electron chi connectivity index (χ0n) is 5.78. The molecule has 8 heavy (non-hydrogen) atoms. The summed E-state index contributed by atoms with van der Waals surface area (Å²) in [6.07, 6.45) is 4.61. The summed E-state index contributed by atoms with van der Waals surface area (Å²) in [6, 6.07) is 0. The van der Waals surface area contributed by atoms with E-state index in [1.807, 2.05) is 0 Å². The van der Waals surface area contributed by atoms with Gasteiger partial charge in [-0.1, -0.05) is 13.8 Å². The van der Waals surface area contributed by atoms with Gasteiger partial charge in [0.05, 0.1) is 0 Å². The minimum atomic E-state index is 0.727. The maximum Gasteiger partial charge on any atom is -0.0323 e. The molecule has 3 aliphatic carbocycles. The van der Waals surface area contributed by atoms with Crippen LogP contribution in [0.2, 0.25) is 0 Å². The maximum atomic E-state index is 2.42. The van der Waals surface area contributed by atoms with Crippen LogP contribution in [0.1, 0.15) is 33.1 Å². The average molecular weight is 110 g/mol. The third kappa shape index (κ3) is 0.416. The predicted octanol–water partition coefficient (Wildman–Crippen LogP) is 2.44. The topological polar surface area (TPSA) is 0 Å². The molecule has 0 aliphatic heterocycles. The quantitative estimate of drug-likeness (QED) is 0.449. The Morgan fingerprint density at radius 1 is 1.25 bits per heavy atom. The van der Waals surface area contributed by atoms with Gasteiger partial charge in [-0.05, 0) is 36.5 Å². The van der Waals surface area contributed by atoms with E-state index in [0.29, 0.717) is 0 Å². The van der Waals surface area contributed by atoms with Crippen LogP contribution in [0.4, 0.5) is 0 Å². The van der Waals surface area contributed by atoms with Crippen molar-refractivity contribution in [3.63, 3.8) is 0 Å². The molecule has 3 rings (SSSR count). The van der Waals surface area contributed by atoms with Crippen molar-refractivity contribution in [2.24, 2.45) is 17.3 Å². The molecule has 0 aromatic carbocycles. The third-order valence-electron chi connectivity index (χ3n) is 3.16. The van der Waals surface area contributed by atoms with Gasteiger partial charge in [-0.25, -0.2) is 0 Å². The molecule has 0 heteroatoms. The van der Waals surface area contributed by atoms with Crippen molar-refractivity contribution >= 4 is 0 Å². The van der Waals surface area contributed by atoms with Crippen LogP contribution in [-0.4, -0.2) is 0 Å². The second kappa shape index (κ2) is 1.12. The molecular weight excluding hydrogens is 96.1 g/mol. The van der Waals surface area contributed by atoms with Crippen molar-refractivity contribution in [2.45, 2.75) is 33.1 Å². The first-order chi connectivity index (χ1) is 3.68. The average Bonchev–Trinajstić information content (AvgIpc) is 1.82. The van der Waals surface area contributed by atoms with E-state index in [2.05, 4.69) is 13.8 Å². The summed E-state index contributed by atoms with van der Waals surface area (Å²) in [5.74, 6) is 2.24. The second-order valence-corrected chi connectivity index (χ2v) is 4.23. The number of fused-ring (bicyclic) bond motifs is 1. The van der Waals surface area contributed by atoms with Crippen molar-refractivity contribution < 1.29 is 0 Å². The Kier molecular flexibility index (Phi) is 0.678. The van der Waals surface area contributed by atoms with Gasteiger partial charge in [-0.15, -0.1) is 0 Å².